The zero-order chi connectivity index (χ0) is 17.6. The quantitative estimate of drug-likeness (QED) is 0.778. The molecule has 2 unspecified atom stereocenters. The Kier molecular flexibility index (Phi) is 6.17. The molecule has 2 atom stereocenters. The first-order valence-corrected chi connectivity index (χ1v) is 8.04. The van der Waals surface area contributed by atoms with Crippen molar-refractivity contribution in [3.05, 3.63) is 48.1 Å². The molecule has 0 fully saturated rings. The number of rotatable bonds is 7. The molecule has 0 aromatic heterocycles. The Hall–Kier alpha value is -2.11. The minimum absolute atomic E-state index is 0.113. The van der Waals surface area contributed by atoms with Crippen molar-refractivity contribution >= 4 is 11.5 Å². The van der Waals surface area contributed by atoms with E-state index in [-0.39, 0.29) is 12.4 Å². The molecule has 1 aliphatic carbocycles. The Morgan fingerprint density at radius 2 is 2.00 bits per heavy atom. The van der Waals surface area contributed by atoms with Crippen LogP contribution in [0.15, 0.2) is 42.5 Å². The highest BCUT2D eigenvalue weighted by Gasteiger charge is 2.38. The lowest BCUT2D eigenvalue weighted by molar-refractivity contribution is -0.145. The van der Waals surface area contributed by atoms with Crippen molar-refractivity contribution in [2.24, 2.45) is 5.73 Å². The molecular formula is C19H25NO4. The van der Waals surface area contributed by atoms with E-state index >= 15 is 0 Å². The van der Waals surface area contributed by atoms with Gasteiger partial charge in [-0.05, 0) is 30.2 Å². The number of benzene rings is 1. The lowest BCUT2D eigenvalue weighted by atomic mass is 9.80. The number of hydrogen-bond donors (Lipinski definition) is 1. The molecule has 130 valence electrons. The molecule has 24 heavy (non-hydrogen) atoms. The molecule has 5 heteroatoms. The molecule has 0 spiro atoms. The first kappa shape index (κ1) is 18.2. The van der Waals surface area contributed by atoms with Crippen LogP contribution < -0.4 is 10.5 Å². The van der Waals surface area contributed by atoms with Gasteiger partial charge in [0.2, 0.25) is 0 Å². The number of nitrogens with two attached hydrogens (primary N) is 1. The minimum atomic E-state index is -0.725. The summed E-state index contributed by atoms with van der Waals surface area (Å²) in [5, 5.41) is 0. The lowest BCUT2D eigenvalue weighted by Gasteiger charge is -2.37. The highest BCUT2D eigenvalue weighted by Crippen LogP contribution is 2.35. The number of carbonyl (C=O) groups is 1. The van der Waals surface area contributed by atoms with Crippen molar-refractivity contribution in [1.82, 2.24) is 0 Å². The van der Waals surface area contributed by atoms with Gasteiger partial charge in [-0.3, -0.25) is 4.79 Å². The van der Waals surface area contributed by atoms with Crippen LogP contribution in [0.4, 0.5) is 0 Å². The van der Waals surface area contributed by atoms with E-state index in [9.17, 15) is 4.79 Å². The second kappa shape index (κ2) is 8.13. The second-order valence-electron chi connectivity index (χ2n) is 5.73. The normalized spacial score (nSPS) is 21.1. The van der Waals surface area contributed by atoms with E-state index in [1.807, 2.05) is 42.5 Å². The first-order chi connectivity index (χ1) is 11.5. The predicted octanol–water partition coefficient (Wildman–Crippen LogP) is 2.70. The number of hydrogen-bond acceptors (Lipinski definition) is 5. The van der Waals surface area contributed by atoms with E-state index in [2.05, 4.69) is 0 Å². The summed E-state index contributed by atoms with van der Waals surface area (Å²) in [4.78, 5) is 11.8. The van der Waals surface area contributed by atoms with Gasteiger partial charge in [0, 0.05) is 19.6 Å². The molecule has 5 nitrogen and oxygen atoms in total. The molecule has 0 saturated heterocycles. The van der Waals surface area contributed by atoms with Crippen molar-refractivity contribution in [2.75, 3.05) is 20.8 Å². The van der Waals surface area contributed by atoms with Crippen LogP contribution in [0.2, 0.25) is 0 Å². The fourth-order valence-corrected chi connectivity index (χ4v) is 2.86. The van der Waals surface area contributed by atoms with Crippen LogP contribution in [0.3, 0.4) is 0 Å². The second-order valence-corrected chi connectivity index (χ2v) is 5.73. The molecule has 1 aromatic carbocycles. The Labute approximate surface area is 143 Å². The van der Waals surface area contributed by atoms with Crippen molar-refractivity contribution in [2.45, 2.75) is 31.4 Å². The predicted molar refractivity (Wildman–Crippen MR) is 93.7 cm³/mol. The molecule has 0 aliphatic heterocycles. The van der Waals surface area contributed by atoms with Gasteiger partial charge < -0.3 is 19.9 Å². The fourth-order valence-electron chi connectivity index (χ4n) is 2.86. The van der Waals surface area contributed by atoms with E-state index < -0.39 is 11.6 Å². The van der Waals surface area contributed by atoms with Crippen molar-refractivity contribution < 1.29 is 19.0 Å². The van der Waals surface area contributed by atoms with Crippen LogP contribution >= 0.6 is 0 Å². The molecule has 0 bridgehead atoms. The molecule has 0 radical (unpaired) electrons. The van der Waals surface area contributed by atoms with Gasteiger partial charge >= 0.3 is 5.97 Å². The third-order valence-electron chi connectivity index (χ3n) is 4.30. The topological polar surface area (TPSA) is 70.8 Å². The van der Waals surface area contributed by atoms with Gasteiger partial charge in [-0.2, -0.15) is 0 Å². The maximum atomic E-state index is 11.8. The average Bonchev–Trinajstić information content (AvgIpc) is 2.62. The number of methoxy groups -OCH3 is 2. The summed E-state index contributed by atoms with van der Waals surface area (Å²) < 4.78 is 15.9. The van der Waals surface area contributed by atoms with Crippen LogP contribution in [0.1, 0.15) is 25.3 Å². The zero-order valence-electron chi connectivity index (χ0n) is 14.5. The monoisotopic (exact) mass is 331 g/mol. The number of ether oxygens (including phenoxy) is 3. The van der Waals surface area contributed by atoms with E-state index in [0.717, 1.165) is 16.9 Å². The number of allylic oxidation sites excluding steroid dienone is 2. The molecule has 2 N–H and O–H groups in total. The van der Waals surface area contributed by atoms with Crippen LogP contribution in [-0.4, -0.2) is 38.4 Å². The van der Waals surface area contributed by atoms with Gasteiger partial charge in [-0.1, -0.05) is 30.4 Å². The van der Waals surface area contributed by atoms with Crippen LogP contribution in [0, 0.1) is 0 Å². The largest absolute Gasteiger partial charge is 0.497 e. The summed E-state index contributed by atoms with van der Waals surface area (Å²) in [5.74, 6) is 0.498. The minimum Gasteiger partial charge on any atom is -0.497 e. The Balaban J connectivity index is 2.17. The zero-order valence-corrected chi connectivity index (χ0v) is 14.5. The standard InChI is InChI=1S/C19H25NO4/c1-4-24-18(21)12-17(20)19(23-3)11-5-6-15(13-19)14-7-9-16(22-2)10-8-14/h5-11,17H,4,12-13,20H2,1-3H3. The third-order valence-corrected chi connectivity index (χ3v) is 4.30. The molecule has 1 aromatic rings. The molecule has 2 rings (SSSR count). The maximum absolute atomic E-state index is 11.8. The average molecular weight is 331 g/mol. The highest BCUT2D eigenvalue weighted by atomic mass is 16.5. The van der Waals surface area contributed by atoms with Gasteiger partial charge in [0.15, 0.2) is 0 Å². The Morgan fingerprint density at radius 3 is 2.58 bits per heavy atom. The third kappa shape index (κ3) is 4.04. The highest BCUT2D eigenvalue weighted by molar-refractivity contribution is 5.72. The smallest absolute Gasteiger partial charge is 0.307 e. The summed E-state index contributed by atoms with van der Waals surface area (Å²) in [6, 6.07) is 7.35. The maximum Gasteiger partial charge on any atom is 0.307 e. The van der Waals surface area contributed by atoms with Crippen molar-refractivity contribution in [3.8, 4) is 5.75 Å². The van der Waals surface area contributed by atoms with E-state index in [4.69, 9.17) is 19.9 Å². The van der Waals surface area contributed by atoms with Gasteiger partial charge in [0.05, 0.1) is 20.1 Å². The Bertz CT molecular complexity index is 621. The molecule has 0 saturated carbocycles. The van der Waals surface area contributed by atoms with Gasteiger partial charge in [0.25, 0.3) is 0 Å². The molecular weight excluding hydrogens is 306 g/mol. The SMILES string of the molecule is CCOC(=O)CC(N)C1(OC)C=CC=C(c2ccc(OC)cc2)C1. The Morgan fingerprint density at radius 1 is 1.29 bits per heavy atom. The van der Waals surface area contributed by atoms with Crippen LogP contribution in [-0.2, 0) is 14.3 Å². The van der Waals surface area contributed by atoms with Crippen LogP contribution in [0.25, 0.3) is 5.57 Å². The van der Waals surface area contributed by atoms with E-state index in [0.29, 0.717) is 13.0 Å². The number of carbonyl (C=O) groups excluding carboxylic acids is 1. The van der Waals surface area contributed by atoms with Crippen molar-refractivity contribution in [3.63, 3.8) is 0 Å². The summed E-state index contributed by atoms with van der Waals surface area (Å²) in [6.45, 7) is 2.12. The first-order valence-electron chi connectivity index (χ1n) is 8.04. The van der Waals surface area contributed by atoms with E-state index in [1.54, 1.807) is 21.1 Å². The van der Waals surface area contributed by atoms with Crippen LogP contribution in [0.5, 0.6) is 5.75 Å². The molecule has 0 heterocycles. The van der Waals surface area contributed by atoms with Gasteiger partial charge in [0.1, 0.15) is 11.4 Å². The van der Waals surface area contributed by atoms with Crippen molar-refractivity contribution in [1.29, 1.82) is 0 Å². The fraction of sp³-hybridized carbons (Fsp3) is 0.421. The lowest BCUT2D eigenvalue weighted by Crippen LogP contribution is -2.50. The van der Waals surface area contributed by atoms with E-state index in [1.165, 1.54) is 0 Å². The summed E-state index contributed by atoms with van der Waals surface area (Å²) in [7, 11) is 3.26. The molecule has 1 aliphatic rings. The van der Waals surface area contributed by atoms with Gasteiger partial charge in [-0.25, -0.2) is 0 Å². The van der Waals surface area contributed by atoms with Gasteiger partial charge in [-0.15, -0.1) is 0 Å². The number of esters is 1. The summed E-state index contributed by atoms with van der Waals surface area (Å²) in [6.07, 6.45) is 6.59. The summed E-state index contributed by atoms with van der Waals surface area (Å²) in [5.41, 5.74) is 7.73. The summed E-state index contributed by atoms with van der Waals surface area (Å²) >= 11 is 0. The molecule has 0 amide bonds.